The summed E-state index contributed by atoms with van der Waals surface area (Å²) in [5.74, 6) is 0.920. The zero-order chi connectivity index (χ0) is 9.52. The van der Waals surface area contributed by atoms with Gasteiger partial charge in [0.2, 0.25) is 0 Å². The van der Waals surface area contributed by atoms with Crippen molar-refractivity contribution in [1.82, 2.24) is 0 Å². The molecule has 0 amide bonds. The molecule has 0 bridgehead atoms. The first kappa shape index (κ1) is 10.4. The molecule has 13 heavy (non-hydrogen) atoms. The Labute approximate surface area is 83.5 Å². The van der Waals surface area contributed by atoms with Crippen molar-refractivity contribution in [3.8, 4) is 0 Å². The number of aliphatic hydroxyl groups is 1. The molecule has 2 heteroatoms. The van der Waals surface area contributed by atoms with Gasteiger partial charge in [-0.15, -0.1) is 11.8 Å². The Hall–Kier alpha value is -0.730. The zero-order valence-corrected chi connectivity index (χ0v) is 8.55. The Morgan fingerprint density at radius 3 is 2.54 bits per heavy atom. The maximum Gasteiger partial charge on any atom is 0.0612 e. The highest BCUT2D eigenvalue weighted by Gasteiger charge is 1.90. The topological polar surface area (TPSA) is 20.2 Å². The van der Waals surface area contributed by atoms with Crippen LogP contribution < -0.4 is 0 Å². The lowest BCUT2D eigenvalue weighted by Crippen LogP contribution is -1.77. The fourth-order valence-electron chi connectivity index (χ4n) is 0.921. The standard InChI is InChI=1S/C11H14OS/c1-10-4-6-11(7-5-10)13-9-3-2-8-12/h2-7,12H,8-9H2,1H3. The van der Waals surface area contributed by atoms with Gasteiger partial charge in [0, 0.05) is 10.6 Å². The van der Waals surface area contributed by atoms with Crippen molar-refractivity contribution >= 4 is 11.8 Å². The van der Waals surface area contributed by atoms with E-state index in [1.165, 1.54) is 10.5 Å². The molecule has 1 nitrogen and oxygen atoms in total. The van der Waals surface area contributed by atoms with Crippen molar-refractivity contribution in [2.75, 3.05) is 12.4 Å². The van der Waals surface area contributed by atoms with Gasteiger partial charge in [-0.2, -0.15) is 0 Å². The van der Waals surface area contributed by atoms with Gasteiger partial charge in [0.15, 0.2) is 0 Å². The summed E-state index contributed by atoms with van der Waals surface area (Å²) in [5.41, 5.74) is 1.29. The summed E-state index contributed by atoms with van der Waals surface area (Å²) in [6.45, 7) is 2.22. The van der Waals surface area contributed by atoms with Crippen molar-refractivity contribution in [3.63, 3.8) is 0 Å². The Kier molecular flexibility index (Phi) is 4.65. The molecule has 0 radical (unpaired) electrons. The average molecular weight is 194 g/mol. The lowest BCUT2D eigenvalue weighted by atomic mass is 10.2. The van der Waals surface area contributed by atoms with Crippen LogP contribution in [0.1, 0.15) is 5.56 Å². The second-order valence-electron chi connectivity index (χ2n) is 2.78. The molecule has 0 fully saturated rings. The maximum atomic E-state index is 8.50. The summed E-state index contributed by atoms with van der Waals surface area (Å²) in [4.78, 5) is 1.27. The lowest BCUT2D eigenvalue weighted by molar-refractivity contribution is 0.342. The van der Waals surface area contributed by atoms with E-state index in [1.54, 1.807) is 17.8 Å². The van der Waals surface area contributed by atoms with Gasteiger partial charge in [0.1, 0.15) is 0 Å². The smallest absolute Gasteiger partial charge is 0.0612 e. The van der Waals surface area contributed by atoms with Crippen molar-refractivity contribution in [2.45, 2.75) is 11.8 Å². The number of aliphatic hydroxyl groups excluding tert-OH is 1. The van der Waals surface area contributed by atoms with Crippen LogP contribution in [-0.4, -0.2) is 17.5 Å². The van der Waals surface area contributed by atoms with Crippen molar-refractivity contribution in [2.24, 2.45) is 0 Å². The van der Waals surface area contributed by atoms with E-state index in [9.17, 15) is 0 Å². The van der Waals surface area contributed by atoms with E-state index in [2.05, 4.69) is 31.2 Å². The van der Waals surface area contributed by atoms with Crippen molar-refractivity contribution in [1.29, 1.82) is 0 Å². The Balaban J connectivity index is 2.37. The minimum Gasteiger partial charge on any atom is -0.392 e. The van der Waals surface area contributed by atoms with Crippen LogP contribution in [0.25, 0.3) is 0 Å². The first-order valence-corrected chi connectivity index (χ1v) is 5.27. The van der Waals surface area contributed by atoms with Gasteiger partial charge in [-0.05, 0) is 19.1 Å². The van der Waals surface area contributed by atoms with E-state index in [0.717, 1.165) is 5.75 Å². The number of benzene rings is 1. The van der Waals surface area contributed by atoms with Crippen LogP contribution in [0.5, 0.6) is 0 Å². The summed E-state index contributed by atoms with van der Waals surface area (Å²) in [5, 5.41) is 8.50. The fraction of sp³-hybridized carbons (Fsp3) is 0.273. The summed E-state index contributed by atoms with van der Waals surface area (Å²) in [6.07, 6.45) is 3.74. The van der Waals surface area contributed by atoms with Crippen LogP contribution in [0.15, 0.2) is 41.3 Å². The molecule has 0 saturated heterocycles. The number of rotatable bonds is 4. The van der Waals surface area contributed by atoms with E-state index in [4.69, 9.17) is 5.11 Å². The average Bonchev–Trinajstić information content (AvgIpc) is 2.15. The van der Waals surface area contributed by atoms with Crippen LogP contribution in [-0.2, 0) is 0 Å². The van der Waals surface area contributed by atoms with E-state index in [1.807, 2.05) is 6.08 Å². The molecule has 0 aliphatic heterocycles. The molecular formula is C11H14OS. The zero-order valence-electron chi connectivity index (χ0n) is 7.73. The lowest BCUT2D eigenvalue weighted by Gasteiger charge is -1.98. The molecule has 0 aromatic heterocycles. The minimum atomic E-state index is 0.133. The SMILES string of the molecule is Cc1ccc(SCC=CCO)cc1. The normalized spacial score (nSPS) is 10.9. The second kappa shape index (κ2) is 5.84. The fourth-order valence-corrected chi connectivity index (χ4v) is 1.67. The molecule has 0 aliphatic carbocycles. The predicted octanol–water partition coefficient (Wildman–Crippen LogP) is 2.64. The number of hydrogen-bond donors (Lipinski definition) is 1. The molecule has 0 aliphatic rings. The molecular weight excluding hydrogens is 180 g/mol. The molecule has 1 N–H and O–H groups in total. The van der Waals surface area contributed by atoms with Gasteiger partial charge in [0.25, 0.3) is 0 Å². The molecule has 0 saturated carbocycles. The Bertz CT molecular complexity index is 264. The van der Waals surface area contributed by atoms with Gasteiger partial charge in [-0.3, -0.25) is 0 Å². The van der Waals surface area contributed by atoms with Crippen LogP contribution in [0, 0.1) is 6.92 Å². The predicted molar refractivity (Wildman–Crippen MR) is 58.1 cm³/mol. The van der Waals surface area contributed by atoms with Crippen LogP contribution >= 0.6 is 11.8 Å². The number of thioether (sulfide) groups is 1. The highest BCUT2D eigenvalue weighted by atomic mass is 32.2. The highest BCUT2D eigenvalue weighted by Crippen LogP contribution is 2.17. The monoisotopic (exact) mass is 194 g/mol. The molecule has 0 heterocycles. The van der Waals surface area contributed by atoms with Crippen LogP contribution in [0.4, 0.5) is 0 Å². The van der Waals surface area contributed by atoms with Gasteiger partial charge in [0.05, 0.1) is 6.61 Å². The molecule has 70 valence electrons. The van der Waals surface area contributed by atoms with E-state index < -0.39 is 0 Å². The molecule has 1 aromatic carbocycles. The van der Waals surface area contributed by atoms with Crippen molar-refractivity contribution < 1.29 is 5.11 Å². The summed E-state index contributed by atoms with van der Waals surface area (Å²) in [6, 6.07) is 8.45. The third-order valence-electron chi connectivity index (χ3n) is 1.64. The van der Waals surface area contributed by atoms with Crippen LogP contribution in [0.3, 0.4) is 0 Å². The third kappa shape index (κ3) is 4.15. The third-order valence-corrected chi connectivity index (χ3v) is 2.60. The van der Waals surface area contributed by atoms with Gasteiger partial charge >= 0.3 is 0 Å². The summed E-state index contributed by atoms with van der Waals surface area (Å²) >= 11 is 1.77. The van der Waals surface area contributed by atoms with Gasteiger partial charge in [-0.1, -0.05) is 29.8 Å². The number of hydrogen-bond acceptors (Lipinski definition) is 2. The first-order chi connectivity index (χ1) is 6.33. The van der Waals surface area contributed by atoms with Gasteiger partial charge in [-0.25, -0.2) is 0 Å². The number of aryl methyl sites for hydroxylation is 1. The van der Waals surface area contributed by atoms with E-state index in [-0.39, 0.29) is 6.61 Å². The minimum absolute atomic E-state index is 0.133. The van der Waals surface area contributed by atoms with E-state index in [0.29, 0.717) is 0 Å². The van der Waals surface area contributed by atoms with Crippen LogP contribution in [0.2, 0.25) is 0 Å². The molecule has 1 rings (SSSR count). The largest absolute Gasteiger partial charge is 0.392 e. The molecule has 0 spiro atoms. The molecule has 0 unspecified atom stereocenters. The van der Waals surface area contributed by atoms with E-state index >= 15 is 0 Å². The quantitative estimate of drug-likeness (QED) is 0.587. The maximum absolute atomic E-state index is 8.50. The van der Waals surface area contributed by atoms with Gasteiger partial charge < -0.3 is 5.11 Å². The Morgan fingerprint density at radius 1 is 1.23 bits per heavy atom. The Morgan fingerprint density at radius 2 is 1.92 bits per heavy atom. The molecule has 0 atom stereocenters. The highest BCUT2D eigenvalue weighted by molar-refractivity contribution is 7.99. The van der Waals surface area contributed by atoms with Crippen molar-refractivity contribution in [3.05, 3.63) is 42.0 Å². The summed E-state index contributed by atoms with van der Waals surface area (Å²) in [7, 11) is 0. The molecule has 1 aromatic rings. The second-order valence-corrected chi connectivity index (χ2v) is 3.87. The first-order valence-electron chi connectivity index (χ1n) is 4.28. The summed E-state index contributed by atoms with van der Waals surface area (Å²) < 4.78 is 0.